The third-order valence-electron chi connectivity index (χ3n) is 6.48. The maximum Gasteiger partial charge on any atom is 0.339 e. The maximum absolute atomic E-state index is 12.7. The summed E-state index contributed by atoms with van der Waals surface area (Å²) < 4.78 is 11.4. The number of benzene rings is 1. The van der Waals surface area contributed by atoms with E-state index in [4.69, 9.17) is 9.15 Å². The molecule has 1 amide bonds. The molecule has 6 nitrogen and oxygen atoms in total. The lowest BCUT2D eigenvalue weighted by Crippen LogP contribution is -2.47. The summed E-state index contributed by atoms with van der Waals surface area (Å²) >= 11 is 0. The van der Waals surface area contributed by atoms with Crippen LogP contribution >= 0.6 is 0 Å². The minimum atomic E-state index is -0.330. The number of rotatable bonds is 4. The SMILES string of the molecule is Cc1cc(OCC(=O)N2CCC(N3CCCC3)CC2)c2c(C)c(C)c(=O)oc2c1. The Bertz CT molecular complexity index is 967. The lowest BCUT2D eigenvalue weighted by Gasteiger charge is -2.36. The number of fused-ring (bicyclic) bond motifs is 1. The van der Waals surface area contributed by atoms with Gasteiger partial charge in [-0.2, -0.15) is 0 Å². The maximum atomic E-state index is 12.7. The molecule has 0 unspecified atom stereocenters. The Labute approximate surface area is 171 Å². The number of hydrogen-bond acceptors (Lipinski definition) is 5. The Kier molecular flexibility index (Phi) is 5.63. The number of carbonyl (C=O) groups is 1. The second-order valence-corrected chi connectivity index (χ2v) is 8.42. The monoisotopic (exact) mass is 398 g/mol. The number of nitrogens with zero attached hydrogens (tertiary/aromatic N) is 2. The van der Waals surface area contributed by atoms with Gasteiger partial charge in [-0.1, -0.05) is 0 Å². The summed E-state index contributed by atoms with van der Waals surface area (Å²) in [7, 11) is 0. The van der Waals surface area contributed by atoms with Gasteiger partial charge in [-0.25, -0.2) is 4.79 Å². The van der Waals surface area contributed by atoms with E-state index in [1.165, 1.54) is 25.9 Å². The number of carbonyl (C=O) groups excluding carboxylic acids is 1. The van der Waals surface area contributed by atoms with Gasteiger partial charge in [0.15, 0.2) is 6.61 Å². The van der Waals surface area contributed by atoms with E-state index in [2.05, 4.69) is 4.90 Å². The van der Waals surface area contributed by atoms with Crippen molar-refractivity contribution in [1.82, 2.24) is 9.80 Å². The van der Waals surface area contributed by atoms with E-state index in [0.29, 0.717) is 22.9 Å². The standard InChI is InChI=1S/C23H30N2O4/c1-15-12-19(22-16(2)17(3)23(27)29-20(22)13-15)28-14-21(26)25-10-6-18(7-11-25)24-8-4-5-9-24/h12-13,18H,4-11,14H2,1-3H3. The van der Waals surface area contributed by atoms with Crippen LogP contribution in [0.5, 0.6) is 5.75 Å². The van der Waals surface area contributed by atoms with Crippen LogP contribution in [0.4, 0.5) is 0 Å². The molecule has 0 spiro atoms. The van der Waals surface area contributed by atoms with Crippen molar-refractivity contribution < 1.29 is 13.9 Å². The Morgan fingerprint density at radius 1 is 1.07 bits per heavy atom. The van der Waals surface area contributed by atoms with Gasteiger partial charge >= 0.3 is 5.63 Å². The van der Waals surface area contributed by atoms with E-state index < -0.39 is 0 Å². The van der Waals surface area contributed by atoms with E-state index in [-0.39, 0.29) is 18.1 Å². The van der Waals surface area contributed by atoms with Gasteiger partial charge < -0.3 is 19.0 Å². The first-order chi connectivity index (χ1) is 13.9. The zero-order chi connectivity index (χ0) is 20.5. The van der Waals surface area contributed by atoms with Crippen LogP contribution in [-0.2, 0) is 4.79 Å². The minimum absolute atomic E-state index is 0.00451. The average Bonchev–Trinajstić information content (AvgIpc) is 3.24. The van der Waals surface area contributed by atoms with Crippen LogP contribution in [0.15, 0.2) is 21.3 Å². The van der Waals surface area contributed by atoms with E-state index in [0.717, 1.165) is 42.4 Å². The van der Waals surface area contributed by atoms with Crippen LogP contribution in [0.25, 0.3) is 11.0 Å². The van der Waals surface area contributed by atoms with Gasteiger partial charge in [-0.15, -0.1) is 0 Å². The van der Waals surface area contributed by atoms with Gasteiger partial charge in [-0.05, 0) is 82.8 Å². The first-order valence-electron chi connectivity index (χ1n) is 10.6. The molecule has 4 rings (SSSR count). The fraction of sp³-hybridized carbons (Fsp3) is 0.565. The molecular formula is C23H30N2O4. The number of likely N-dealkylation sites (tertiary alicyclic amines) is 2. The number of ether oxygens (including phenoxy) is 1. The molecule has 3 heterocycles. The van der Waals surface area contributed by atoms with Crippen molar-refractivity contribution in [3.8, 4) is 5.75 Å². The van der Waals surface area contributed by atoms with Crippen LogP contribution in [0, 0.1) is 20.8 Å². The van der Waals surface area contributed by atoms with Gasteiger partial charge in [0.25, 0.3) is 5.91 Å². The third-order valence-corrected chi connectivity index (χ3v) is 6.48. The molecule has 1 aromatic carbocycles. The minimum Gasteiger partial charge on any atom is -0.483 e. The molecule has 2 aliphatic rings. The van der Waals surface area contributed by atoms with Gasteiger partial charge in [0.2, 0.25) is 0 Å². The molecule has 0 saturated carbocycles. The van der Waals surface area contributed by atoms with Gasteiger partial charge in [0.05, 0.1) is 5.39 Å². The Morgan fingerprint density at radius 3 is 2.45 bits per heavy atom. The van der Waals surface area contributed by atoms with Crippen molar-refractivity contribution >= 4 is 16.9 Å². The summed E-state index contributed by atoms with van der Waals surface area (Å²) in [4.78, 5) is 29.2. The smallest absolute Gasteiger partial charge is 0.339 e. The van der Waals surface area contributed by atoms with Gasteiger partial charge in [0.1, 0.15) is 11.3 Å². The van der Waals surface area contributed by atoms with Crippen LogP contribution < -0.4 is 10.4 Å². The summed E-state index contributed by atoms with van der Waals surface area (Å²) in [6.07, 6.45) is 4.69. The molecule has 2 aliphatic heterocycles. The summed E-state index contributed by atoms with van der Waals surface area (Å²) in [5.41, 5.74) is 2.51. The third kappa shape index (κ3) is 4.04. The van der Waals surface area contributed by atoms with Crippen LogP contribution in [0.3, 0.4) is 0 Å². The molecule has 0 bridgehead atoms. The number of hydrogen-bond donors (Lipinski definition) is 0. The van der Waals surface area contributed by atoms with Crippen LogP contribution in [-0.4, -0.2) is 54.5 Å². The quantitative estimate of drug-likeness (QED) is 0.740. The summed E-state index contributed by atoms with van der Waals surface area (Å²) in [5.74, 6) is 0.621. The van der Waals surface area contributed by atoms with E-state index in [9.17, 15) is 9.59 Å². The summed E-state index contributed by atoms with van der Waals surface area (Å²) in [5, 5.41) is 0.772. The van der Waals surface area contributed by atoms with E-state index >= 15 is 0 Å². The van der Waals surface area contributed by atoms with E-state index in [1.54, 1.807) is 6.92 Å². The molecule has 29 heavy (non-hydrogen) atoms. The van der Waals surface area contributed by atoms with Crippen molar-refractivity contribution in [2.75, 3.05) is 32.8 Å². The largest absolute Gasteiger partial charge is 0.483 e. The Hall–Kier alpha value is -2.34. The normalized spacial score (nSPS) is 18.5. The molecule has 0 radical (unpaired) electrons. The highest BCUT2D eigenvalue weighted by atomic mass is 16.5. The van der Waals surface area contributed by atoms with Crippen molar-refractivity contribution in [3.63, 3.8) is 0 Å². The fourth-order valence-corrected chi connectivity index (χ4v) is 4.62. The zero-order valence-electron chi connectivity index (χ0n) is 17.6. The highest BCUT2D eigenvalue weighted by Gasteiger charge is 2.28. The first-order valence-corrected chi connectivity index (χ1v) is 10.6. The molecule has 2 fully saturated rings. The predicted octanol–water partition coefficient (Wildman–Crippen LogP) is 3.18. The van der Waals surface area contributed by atoms with Gasteiger partial charge in [0, 0.05) is 24.7 Å². The number of aryl methyl sites for hydroxylation is 2. The van der Waals surface area contributed by atoms with Gasteiger partial charge in [-0.3, -0.25) is 4.79 Å². The molecule has 0 N–H and O–H groups in total. The van der Waals surface area contributed by atoms with Crippen molar-refractivity contribution in [3.05, 3.63) is 39.2 Å². The molecular weight excluding hydrogens is 368 g/mol. The molecule has 0 atom stereocenters. The molecule has 0 aliphatic carbocycles. The highest BCUT2D eigenvalue weighted by molar-refractivity contribution is 5.88. The van der Waals surface area contributed by atoms with Crippen LogP contribution in [0.1, 0.15) is 42.4 Å². The summed E-state index contributed by atoms with van der Waals surface area (Å²) in [6.45, 7) is 9.57. The molecule has 2 aromatic rings. The molecule has 1 aromatic heterocycles. The zero-order valence-corrected chi connectivity index (χ0v) is 17.6. The van der Waals surface area contributed by atoms with Crippen molar-refractivity contribution in [2.24, 2.45) is 0 Å². The topological polar surface area (TPSA) is 63.0 Å². The fourth-order valence-electron chi connectivity index (χ4n) is 4.62. The highest BCUT2D eigenvalue weighted by Crippen LogP contribution is 2.31. The molecule has 6 heteroatoms. The average molecular weight is 399 g/mol. The lowest BCUT2D eigenvalue weighted by atomic mass is 10.0. The molecule has 156 valence electrons. The van der Waals surface area contributed by atoms with E-state index in [1.807, 2.05) is 30.9 Å². The number of amides is 1. The Morgan fingerprint density at radius 2 is 1.76 bits per heavy atom. The first kappa shape index (κ1) is 20.0. The molecule has 2 saturated heterocycles. The number of piperidine rings is 1. The second kappa shape index (κ2) is 8.19. The predicted molar refractivity (Wildman–Crippen MR) is 113 cm³/mol. The van der Waals surface area contributed by atoms with Crippen molar-refractivity contribution in [1.29, 1.82) is 0 Å². The lowest BCUT2D eigenvalue weighted by molar-refractivity contribution is -0.134. The summed E-state index contributed by atoms with van der Waals surface area (Å²) in [6, 6.07) is 4.36. The van der Waals surface area contributed by atoms with Crippen LogP contribution in [0.2, 0.25) is 0 Å². The second-order valence-electron chi connectivity index (χ2n) is 8.42. The Balaban J connectivity index is 1.44. The van der Waals surface area contributed by atoms with Crippen molar-refractivity contribution in [2.45, 2.75) is 52.5 Å².